The predicted octanol–water partition coefficient (Wildman–Crippen LogP) is 4.82. The highest BCUT2D eigenvalue weighted by Crippen LogP contribution is 2.39. The van der Waals surface area contributed by atoms with Gasteiger partial charge in [-0.2, -0.15) is 5.26 Å². The zero-order valence-electron chi connectivity index (χ0n) is 11.3. The Kier molecular flexibility index (Phi) is 3.94. The Bertz CT molecular complexity index is 702. The van der Waals surface area contributed by atoms with Gasteiger partial charge in [0.15, 0.2) is 0 Å². The van der Waals surface area contributed by atoms with Gasteiger partial charge in [0, 0.05) is 10.5 Å². The van der Waals surface area contributed by atoms with Crippen molar-refractivity contribution in [3.63, 3.8) is 0 Å². The van der Waals surface area contributed by atoms with Gasteiger partial charge in [-0.25, -0.2) is 4.39 Å². The highest BCUT2D eigenvalue weighted by atomic mass is 79.9. The second-order valence-corrected chi connectivity index (χ2v) is 6.25. The van der Waals surface area contributed by atoms with Gasteiger partial charge in [0.2, 0.25) is 0 Å². The average molecular weight is 345 g/mol. The Balaban J connectivity index is 1.66. The van der Waals surface area contributed by atoms with Crippen LogP contribution in [0.5, 0.6) is 0 Å². The van der Waals surface area contributed by atoms with Crippen LogP contribution in [0.2, 0.25) is 0 Å². The molecular formula is C17H14BrFN2. The normalized spacial score (nSPS) is 20.4. The molecule has 0 atom stereocenters. The zero-order valence-corrected chi connectivity index (χ0v) is 12.9. The molecule has 1 N–H and O–H groups in total. The maximum atomic E-state index is 13.5. The quantitative estimate of drug-likeness (QED) is 0.866. The molecule has 3 rings (SSSR count). The highest BCUT2D eigenvalue weighted by molar-refractivity contribution is 9.10. The lowest BCUT2D eigenvalue weighted by Gasteiger charge is -2.37. The van der Waals surface area contributed by atoms with Gasteiger partial charge in [0.05, 0.1) is 5.69 Å². The maximum absolute atomic E-state index is 13.5. The van der Waals surface area contributed by atoms with Gasteiger partial charge in [-0.1, -0.05) is 34.1 Å². The van der Waals surface area contributed by atoms with Crippen molar-refractivity contribution in [3.05, 3.63) is 63.9 Å². The number of hydrogen-bond donors (Lipinski definition) is 1. The molecule has 2 nitrogen and oxygen atoms in total. The first-order valence-electron chi connectivity index (χ1n) is 6.88. The minimum Gasteiger partial charge on any atom is -0.381 e. The summed E-state index contributed by atoms with van der Waals surface area (Å²) in [5.41, 5.74) is 2.01. The molecule has 0 saturated heterocycles. The Morgan fingerprint density at radius 1 is 1.19 bits per heavy atom. The molecule has 0 aliphatic heterocycles. The average Bonchev–Trinajstić information content (AvgIpc) is 2.42. The summed E-state index contributed by atoms with van der Waals surface area (Å²) in [5.74, 6) is 0.0597. The summed E-state index contributed by atoms with van der Waals surface area (Å²) in [6.07, 6.45) is 2.00. The van der Waals surface area contributed by atoms with Crippen LogP contribution >= 0.6 is 15.9 Å². The Hall–Kier alpha value is -1.86. The number of halogens is 2. The van der Waals surface area contributed by atoms with Crippen LogP contribution in [0.15, 0.2) is 46.9 Å². The summed E-state index contributed by atoms with van der Waals surface area (Å²) in [7, 11) is 0. The van der Waals surface area contributed by atoms with Gasteiger partial charge < -0.3 is 5.32 Å². The fourth-order valence-corrected chi connectivity index (χ4v) is 3.16. The van der Waals surface area contributed by atoms with E-state index in [1.165, 1.54) is 11.6 Å². The van der Waals surface area contributed by atoms with E-state index < -0.39 is 5.82 Å². The lowest BCUT2D eigenvalue weighted by Crippen LogP contribution is -2.34. The maximum Gasteiger partial charge on any atom is 0.143 e. The van der Waals surface area contributed by atoms with Crippen molar-refractivity contribution >= 4 is 21.6 Å². The molecule has 1 aliphatic carbocycles. The Morgan fingerprint density at radius 3 is 2.67 bits per heavy atom. The van der Waals surface area contributed by atoms with Gasteiger partial charge in [-0.3, -0.25) is 0 Å². The number of anilines is 1. The van der Waals surface area contributed by atoms with Gasteiger partial charge in [0.1, 0.15) is 17.4 Å². The van der Waals surface area contributed by atoms with E-state index in [1.807, 2.05) is 18.2 Å². The molecule has 0 heterocycles. The molecule has 1 saturated carbocycles. The molecule has 21 heavy (non-hydrogen) atoms. The molecule has 0 spiro atoms. The van der Waals surface area contributed by atoms with E-state index in [9.17, 15) is 4.39 Å². The van der Waals surface area contributed by atoms with Crippen molar-refractivity contribution in [2.45, 2.75) is 24.8 Å². The van der Waals surface area contributed by atoms with E-state index in [2.05, 4.69) is 33.4 Å². The third-order valence-corrected chi connectivity index (χ3v) is 4.44. The van der Waals surface area contributed by atoms with Gasteiger partial charge >= 0.3 is 0 Å². The van der Waals surface area contributed by atoms with Crippen molar-refractivity contribution in [1.82, 2.24) is 0 Å². The SMILES string of the molecule is N#Cc1c(F)cccc1NC1CC(c2cccc(Br)c2)C1. The summed E-state index contributed by atoms with van der Waals surface area (Å²) in [6.45, 7) is 0. The van der Waals surface area contributed by atoms with Crippen LogP contribution in [0.1, 0.15) is 29.9 Å². The smallest absolute Gasteiger partial charge is 0.143 e. The molecule has 0 unspecified atom stereocenters. The lowest BCUT2D eigenvalue weighted by atomic mass is 9.76. The number of rotatable bonds is 3. The van der Waals surface area contributed by atoms with Crippen LogP contribution in [0.25, 0.3) is 0 Å². The summed E-state index contributed by atoms with van der Waals surface area (Å²) in [6, 6.07) is 15.3. The summed E-state index contributed by atoms with van der Waals surface area (Å²) in [4.78, 5) is 0. The molecule has 1 fully saturated rings. The van der Waals surface area contributed by atoms with Crippen molar-refractivity contribution in [2.75, 3.05) is 5.32 Å². The monoisotopic (exact) mass is 344 g/mol. The van der Waals surface area contributed by atoms with Crippen molar-refractivity contribution in [1.29, 1.82) is 5.26 Å². The zero-order chi connectivity index (χ0) is 14.8. The molecule has 0 aromatic heterocycles. The minimum atomic E-state index is -0.467. The van der Waals surface area contributed by atoms with Gasteiger partial charge in [-0.05, 0) is 48.6 Å². The topological polar surface area (TPSA) is 35.8 Å². The van der Waals surface area contributed by atoms with Crippen molar-refractivity contribution < 1.29 is 4.39 Å². The molecule has 0 bridgehead atoms. The summed E-state index contributed by atoms with van der Waals surface area (Å²) >= 11 is 3.49. The third kappa shape index (κ3) is 2.93. The molecule has 0 radical (unpaired) electrons. The molecule has 106 valence electrons. The van der Waals surface area contributed by atoms with Crippen molar-refractivity contribution in [3.8, 4) is 6.07 Å². The lowest BCUT2D eigenvalue weighted by molar-refractivity contribution is 0.374. The Labute approximate surface area is 131 Å². The molecule has 2 aromatic rings. The predicted molar refractivity (Wildman–Crippen MR) is 84.6 cm³/mol. The first-order valence-corrected chi connectivity index (χ1v) is 7.67. The molecule has 1 aliphatic rings. The molecule has 0 amide bonds. The number of nitrogens with zero attached hydrogens (tertiary/aromatic N) is 1. The Morgan fingerprint density at radius 2 is 1.95 bits per heavy atom. The summed E-state index contributed by atoms with van der Waals surface area (Å²) in [5, 5.41) is 12.3. The standard InChI is InChI=1S/C17H14BrFN2/c18-13-4-1-3-11(7-13)12-8-14(9-12)21-17-6-2-5-16(19)15(17)10-20/h1-7,12,14,21H,8-9H2. The summed E-state index contributed by atoms with van der Waals surface area (Å²) < 4.78 is 14.6. The van der Waals surface area contributed by atoms with E-state index in [0.29, 0.717) is 17.6 Å². The van der Waals surface area contributed by atoms with E-state index >= 15 is 0 Å². The van der Waals surface area contributed by atoms with E-state index in [-0.39, 0.29) is 5.56 Å². The van der Waals surface area contributed by atoms with Crippen LogP contribution < -0.4 is 5.32 Å². The van der Waals surface area contributed by atoms with Crippen LogP contribution in [-0.2, 0) is 0 Å². The third-order valence-electron chi connectivity index (χ3n) is 3.94. The highest BCUT2D eigenvalue weighted by Gasteiger charge is 2.30. The first kappa shape index (κ1) is 14.1. The number of hydrogen-bond acceptors (Lipinski definition) is 2. The van der Waals surface area contributed by atoms with E-state index in [4.69, 9.17) is 5.26 Å². The number of nitrogens with one attached hydrogen (secondary N) is 1. The fourth-order valence-electron chi connectivity index (χ4n) is 2.75. The van der Waals surface area contributed by atoms with Crippen LogP contribution in [-0.4, -0.2) is 6.04 Å². The number of nitriles is 1. The van der Waals surface area contributed by atoms with E-state index in [0.717, 1.165) is 17.3 Å². The van der Waals surface area contributed by atoms with Crippen LogP contribution in [0.4, 0.5) is 10.1 Å². The van der Waals surface area contributed by atoms with E-state index in [1.54, 1.807) is 12.1 Å². The molecule has 2 aromatic carbocycles. The van der Waals surface area contributed by atoms with Crippen LogP contribution in [0, 0.1) is 17.1 Å². The second kappa shape index (κ2) is 5.87. The van der Waals surface area contributed by atoms with Crippen LogP contribution in [0.3, 0.4) is 0 Å². The fraction of sp³-hybridized carbons (Fsp3) is 0.235. The number of benzene rings is 2. The first-order chi connectivity index (χ1) is 10.2. The molecular weight excluding hydrogens is 331 g/mol. The van der Waals surface area contributed by atoms with Gasteiger partial charge in [-0.15, -0.1) is 0 Å². The molecule has 4 heteroatoms. The minimum absolute atomic E-state index is 0.100. The second-order valence-electron chi connectivity index (χ2n) is 5.34. The van der Waals surface area contributed by atoms with Gasteiger partial charge in [0.25, 0.3) is 0 Å². The van der Waals surface area contributed by atoms with Crippen molar-refractivity contribution in [2.24, 2.45) is 0 Å². The largest absolute Gasteiger partial charge is 0.381 e.